The van der Waals surface area contributed by atoms with Crippen LogP contribution in [0.1, 0.15) is 5.56 Å². The predicted octanol–water partition coefficient (Wildman–Crippen LogP) is 3.65. The van der Waals surface area contributed by atoms with E-state index in [-0.39, 0.29) is 27.7 Å². The number of nitrogens with one attached hydrogen (secondary N) is 1. The second-order valence-corrected chi connectivity index (χ2v) is 7.12. The lowest BCUT2D eigenvalue weighted by Gasteiger charge is -2.29. The molecule has 0 atom stereocenters. The number of amides is 2. The number of nitrogens with zero attached hydrogens (tertiary/aromatic N) is 1. The van der Waals surface area contributed by atoms with Crippen LogP contribution < -0.4 is 15.0 Å². The van der Waals surface area contributed by atoms with Crippen molar-refractivity contribution in [3.8, 4) is 11.5 Å². The van der Waals surface area contributed by atoms with Crippen molar-refractivity contribution < 1.29 is 19.4 Å². The summed E-state index contributed by atoms with van der Waals surface area (Å²) in [4.78, 5) is 26.5. The molecule has 3 rings (SSSR count). The maximum Gasteiger partial charge on any atom is 0.270 e. The first-order valence-electron chi connectivity index (χ1n) is 7.56. The van der Waals surface area contributed by atoms with Gasteiger partial charge >= 0.3 is 0 Å². The molecule has 0 radical (unpaired) electrons. The van der Waals surface area contributed by atoms with Crippen LogP contribution in [0.2, 0.25) is 5.02 Å². The number of thiocarbonyl (C=S) groups is 1. The third-order valence-corrected chi connectivity index (χ3v) is 5.05. The van der Waals surface area contributed by atoms with Crippen molar-refractivity contribution in [2.75, 3.05) is 12.0 Å². The van der Waals surface area contributed by atoms with Crippen molar-refractivity contribution in [3.05, 3.63) is 57.0 Å². The van der Waals surface area contributed by atoms with E-state index in [1.807, 2.05) is 0 Å². The first-order valence-corrected chi connectivity index (χ1v) is 9.14. The van der Waals surface area contributed by atoms with Crippen molar-refractivity contribution >= 4 is 68.4 Å². The van der Waals surface area contributed by atoms with Gasteiger partial charge in [-0.15, -0.1) is 0 Å². The van der Waals surface area contributed by atoms with Crippen LogP contribution in [0.3, 0.4) is 0 Å². The van der Waals surface area contributed by atoms with E-state index in [0.717, 1.165) is 0 Å². The number of carbonyl (C=O) groups excluding carboxylic acids is 2. The van der Waals surface area contributed by atoms with Crippen molar-refractivity contribution in [2.24, 2.45) is 0 Å². The van der Waals surface area contributed by atoms with Crippen molar-refractivity contribution in [3.63, 3.8) is 0 Å². The Labute approximate surface area is 173 Å². The number of halogens is 2. The molecule has 0 saturated carbocycles. The summed E-state index contributed by atoms with van der Waals surface area (Å²) < 4.78 is 5.56. The van der Waals surface area contributed by atoms with Gasteiger partial charge in [-0.05, 0) is 54.7 Å². The number of hydrogen-bond acceptors (Lipinski definition) is 5. The largest absolute Gasteiger partial charge is 0.504 e. The Morgan fingerprint density at radius 2 is 1.89 bits per heavy atom. The molecule has 0 aromatic heterocycles. The number of anilines is 1. The van der Waals surface area contributed by atoms with Crippen LogP contribution in [0.4, 0.5) is 5.69 Å². The number of ether oxygens (including phenoxy) is 1. The highest BCUT2D eigenvalue weighted by atomic mass is 79.9. The van der Waals surface area contributed by atoms with Gasteiger partial charge in [0, 0.05) is 15.1 Å². The zero-order valence-corrected chi connectivity index (χ0v) is 17.0. The second kappa shape index (κ2) is 7.67. The zero-order chi connectivity index (χ0) is 19.7. The normalized spacial score (nSPS) is 15.9. The van der Waals surface area contributed by atoms with E-state index in [9.17, 15) is 14.7 Å². The summed E-state index contributed by atoms with van der Waals surface area (Å²) in [6.07, 6.45) is 1.28. The third kappa shape index (κ3) is 3.69. The molecule has 0 aliphatic carbocycles. The Kier molecular flexibility index (Phi) is 5.50. The van der Waals surface area contributed by atoms with Gasteiger partial charge in [0.15, 0.2) is 16.6 Å². The molecular weight excluding hydrogens is 456 g/mol. The van der Waals surface area contributed by atoms with Gasteiger partial charge in [0.1, 0.15) is 5.57 Å². The number of phenols is 1. The molecule has 9 heteroatoms. The average molecular weight is 468 g/mol. The van der Waals surface area contributed by atoms with E-state index in [4.69, 9.17) is 28.6 Å². The number of aromatic hydroxyl groups is 1. The lowest BCUT2D eigenvalue weighted by atomic mass is 10.1. The minimum Gasteiger partial charge on any atom is -0.504 e. The average Bonchev–Trinajstić information content (AvgIpc) is 2.62. The lowest BCUT2D eigenvalue weighted by molar-refractivity contribution is -0.122. The highest BCUT2D eigenvalue weighted by Crippen LogP contribution is 2.37. The molecule has 2 N–H and O–H groups in total. The van der Waals surface area contributed by atoms with Gasteiger partial charge in [-0.25, -0.2) is 0 Å². The number of benzene rings is 2. The summed E-state index contributed by atoms with van der Waals surface area (Å²) in [6.45, 7) is 0. The van der Waals surface area contributed by atoms with E-state index < -0.39 is 11.8 Å². The number of methoxy groups -OCH3 is 1. The minimum absolute atomic E-state index is 0.0431. The number of rotatable bonds is 3. The number of carbonyl (C=O) groups is 2. The van der Waals surface area contributed by atoms with Crippen LogP contribution in [0.15, 0.2) is 46.4 Å². The summed E-state index contributed by atoms with van der Waals surface area (Å²) >= 11 is 14.3. The smallest absolute Gasteiger partial charge is 0.270 e. The van der Waals surface area contributed by atoms with Crippen molar-refractivity contribution in [2.45, 2.75) is 0 Å². The van der Waals surface area contributed by atoms with Gasteiger partial charge in [0.25, 0.3) is 11.8 Å². The van der Waals surface area contributed by atoms with Crippen LogP contribution >= 0.6 is 39.7 Å². The topological polar surface area (TPSA) is 78.9 Å². The van der Waals surface area contributed by atoms with Crippen molar-refractivity contribution in [1.82, 2.24) is 5.32 Å². The van der Waals surface area contributed by atoms with E-state index in [2.05, 4.69) is 21.2 Å². The predicted molar refractivity (Wildman–Crippen MR) is 110 cm³/mol. The molecule has 6 nitrogen and oxygen atoms in total. The highest BCUT2D eigenvalue weighted by Gasteiger charge is 2.35. The first-order chi connectivity index (χ1) is 12.8. The first kappa shape index (κ1) is 19.3. The van der Waals surface area contributed by atoms with Gasteiger partial charge in [-0.2, -0.15) is 0 Å². The molecule has 0 bridgehead atoms. The monoisotopic (exact) mass is 466 g/mol. The molecule has 0 unspecified atom stereocenters. The van der Waals surface area contributed by atoms with E-state index in [1.54, 1.807) is 36.4 Å². The third-order valence-electron chi connectivity index (χ3n) is 3.82. The Hall–Kier alpha value is -2.42. The van der Waals surface area contributed by atoms with Gasteiger partial charge < -0.3 is 9.84 Å². The van der Waals surface area contributed by atoms with E-state index >= 15 is 0 Å². The van der Waals surface area contributed by atoms with Crippen molar-refractivity contribution in [1.29, 1.82) is 0 Å². The van der Waals surface area contributed by atoms with Crippen LogP contribution in [0.25, 0.3) is 6.08 Å². The number of hydrogen-bond donors (Lipinski definition) is 2. The molecule has 1 aliphatic heterocycles. The second-order valence-electron chi connectivity index (χ2n) is 5.45. The summed E-state index contributed by atoms with van der Waals surface area (Å²) in [5.74, 6) is -1.28. The zero-order valence-electron chi connectivity index (χ0n) is 13.8. The molecule has 1 aliphatic rings. The molecular formula is C18H12BrClN2O4S. The van der Waals surface area contributed by atoms with Crippen LogP contribution in [0, 0.1) is 0 Å². The minimum atomic E-state index is -0.663. The molecule has 2 aromatic rings. The molecule has 2 aromatic carbocycles. The van der Waals surface area contributed by atoms with E-state index in [0.29, 0.717) is 15.2 Å². The number of phenolic OH excluding ortho intramolecular Hbond substituents is 1. The molecule has 0 spiro atoms. The molecule has 2 amide bonds. The quantitative estimate of drug-likeness (QED) is 0.409. The SMILES string of the molecule is COc1ccc(Br)c(/C=C2\C(=O)NC(=S)N(c3ccc(Cl)cc3)C2=O)c1O. The molecule has 1 fully saturated rings. The van der Waals surface area contributed by atoms with Crippen LogP contribution in [-0.4, -0.2) is 29.1 Å². The molecule has 1 heterocycles. The fourth-order valence-electron chi connectivity index (χ4n) is 2.49. The standard InChI is InChI=1S/C18H12BrClN2O4S/c1-26-14-7-6-13(19)11(15(14)23)8-12-16(24)21-18(27)22(17(12)25)10-4-2-9(20)3-5-10/h2-8,23H,1H3,(H,21,24,27)/b12-8+. The van der Waals surface area contributed by atoms with Gasteiger partial charge in [0.05, 0.1) is 12.8 Å². The Bertz CT molecular complexity index is 992. The molecule has 138 valence electrons. The van der Waals surface area contributed by atoms with E-state index in [1.165, 1.54) is 18.1 Å². The summed E-state index contributed by atoms with van der Waals surface area (Å²) in [5, 5.41) is 13.3. The highest BCUT2D eigenvalue weighted by molar-refractivity contribution is 9.10. The van der Waals surface area contributed by atoms with Gasteiger partial charge in [0.2, 0.25) is 0 Å². The Morgan fingerprint density at radius 1 is 1.22 bits per heavy atom. The Balaban J connectivity index is 2.09. The lowest BCUT2D eigenvalue weighted by Crippen LogP contribution is -2.54. The summed E-state index contributed by atoms with van der Waals surface area (Å²) in [6, 6.07) is 9.63. The fraction of sp³-hybridized carbons (Fsp3) is 0.0556. The maximum atomic E-state index is 13.0. The Morgan fingerprint density at radius 3 is 2.52 bits per heavy atom. The van der Waals surface area contributed by atoms with Crippen LogP contribution in [-0.2, 0) is 9.59 Å². The summed E-state index contributed by atoms with van der Waals surface area (Å²) in [5.41, 5.74) is 0.494. The van der Waals surface area contributed by atoms with Crippen LogP contribution in [0.5, 0.6) is 11.5 Å². The van der Waals surface area contributed by atoms with Gasteiger partial charge in [-0.1, -0.05) is 27.5 Å². The maximum absolute atomic E-state index is 13.0. The summed E-state index contributed by atoms with van der Waals surface area (Å²) in [7, 11) is 1.40. The molecule has 1 saturated heterocycles. The molecule has 27 heavy (non-hydrogen) atoms. The fourth-order valence-corrected chi connectivity index (χ4v) is 3.33. The van der Waals surface area contributed by atoms with Gasteiger partial charge in [-0.3, -0.25) is 19.8 Å².